The Morgan fingerprint density at radius 3 is 2.95 bits per heavy atom. The van der Waals surface area contributed by atoms with Crippen LogP contribution in [-0.2, 0) is 0 Å². The van der Waals surface area contributed by atoms with Crippen molar-refractivity contribution in [1.29, 1.82) is 0 Å². The number of halogens is 2. The second-order valence-electron chi connectivity index (χ2n) is 4.27. The fourth-order valence-corrected chi connectivity index (χ4v) is 2.38. The molecule has 0 radical (unpaired) electrons. The van der Waals surface area contributed by atoms with E-state index in [1.165, 1.54) is 6.07 Å². The molecular weight excluding hydrogens is 329 g/mol. The van der Waals surface area contributed by atoms with E-state index >= 15 is 0 Å². The minimum atomic E-state index is -0.458. The normalized spacial score (nSPS) is 16.9. The second-order valence-corrected chi connectivity index (χ2v) is 5.18. The number of hydrogen-bond donors (Lipinski definition) is 0. The molecule has 0 fully saturated rings. The van der Waals surface area contributed by atoms with Crippen LogP contribution in [0, 0.1) is 5.82 Å². The molecular formula is C14H11BrFNO3. The van der Waals surface area contributed by atoms with Gasteiger partial charge in [0.25, 0.3) is 0 Å². The van der Waals surface area contributed by atoms with Gasteiger partial charge in [0, 0.05) is 22.3 Å². The van der Waals surface area contributed by atoms with Crippen molar-refractivity contribution in [1.82, 2.24) is 4.98 Å². The quantitative estimate of drug-likeness (QED) is 0.839. The van der Waals surface area contributed by atoms with Crippen LogP contribution in [0.5, 0.6) is 17.4 Å². The summed E-state index contributed by atoms with van der Waals surface area (Å²) in [6.45, 7) is 0.302. The van der Waals surface area contributed by atoms with Crippen LogP contribution in [0.2, 0.25) is 0 Å². The first-order chi connectivity index (χ1) is 9.67. The Balaban J connectivity index is 1.87. The third-order valence-corrected chi connectivity index (χ3v) is 3.42. The van der Waals surface area contributed by atoms with Gasteiger partial charge in [0.05, 0.1) is 7.11 Å². The van der Waals surface area contributed by atoms with Crippen molar-refractivity contribution in [2.75, 3.05) is 13.7 Å². The molecule has 0 saturated heterocycles. The molecule has 0 N–H and O–H groups in total. The van der Waals surface area contributed by atoms with E-state index in [2.05, 4.69) is 20.9 Å². The summed E-state index contributed by atoms with van der Waals surface area (Å²) in [5.41, 5.74) is 0.804. The van der Waals surface area contributed by atoms with Crippen LogP contribution < -0.4 is 14.2 Å². The maximum absolute atomic E-state index is 13.9. The van der Waals surface area contributed by atoms with Crippen LogP contribution in [0.1, 0.15) is 11.7 Å². The average Bonchev–Trinajstić information content (AvgIpc) is 2.47. The molecule has 0 bridgehead atoms. The molecule has 0 aliphatic carbocycles. The number of aromatic nitrogens is 1. The number of methoxy groups -OCH3 is 1. The van der Waals surface area contributed by atoms with Gasteiger partial charge in [-0.3, -0.25) is 0 Å². The molecule has 1 atom stereocenters. The predicted octanol–water partition coefficient (Wildman–Crippen LogP) is 3.50. The lowest BCUT2D eigenvalue weighted by Crippen LogP contribution is -2.22. The number of pyridine rings is 1. The lowest BCUT2D eigenvalue weighted by Gasteiger charge is -2.27. The zero-order valence-corrected chi connectivity index (χ0v) is 12.2. The average molecular weight is 340 g/mol. The molecule has 1 aromatic heterocycles. The molecule has 6 heteroatoms. The second kappa shape index (κ2) is 5.28. The van der Waals surface area contributed by atoms with Crippen LogP contribution in [0.3, 0.4) is 0 Å². The highest BCUT2D eigenvalue weighted by molar-refractivity contribution is 9.10. The molecule has 4 nitrogen and oxygen atoms in total. The van der Waals surface area contributed by atoms with Crippen LogP contribution in [-0.4, -0.2) is 18.7 Å². The molecule has 2 heterocycles. The van der Waals surface area contributed by atoms with Gasteiger partial charge in [-0.2, -0.15) is 0 Å². The first-order valence-electron chi connectivity index (χ1n) is 5.96. The molecule has 3 rings (SSSR count). The zero-order valence-electron chi connectivity index (χ0n) is 10.6. The summed E-state index contributed by atoms with van der Waals surface area (Å²) in [6, 6.07) is 6.57. The van der Waals surface area contributed by atoms with Crippen molar-refractivity contribution in [3.8, 4) is 17.4 Å². The Labute approximate surface area is 123 Å². The first kappa shape index (κ1) is 13.2. The van der Waals surface area contributed by atoms with Crippen LogP contribution >= 0.6 is 15.9 Å². The van der Waals surface area contributed by atoms with E-state index in [0.717, 1.165) is 5.56 Å². The molecule has 2 aromatic rings. The summed E-state index contributed by atoms with van der Waals surface area (Å²) < 4.78 is 30.7. The Morgan fingerprint density at radius 1 is 1.40 bits per heavy atom. The van der Waals surface area contributed by atoms with Gasteiger partial charge >= 0.3 is 0 Å². The predicted molar refractivity (Wildman–Crippen MR) is 73.8 cm³/mol. The standard InChI is InChI=1S/C14H11BrFNO3/c1-18-13-3-2-8(6-17-13)12-7-19-11-5-9(15)4-10(16)14(11)20-12/h2-6,12H,7H2,1H3. The molecule has 1 aliphatic heterocycles. The van der Waals surface area contributed by atoms with E-state index < -0.39 is 11.9 Å². The number of nitrogens with zero attached hydrogens (tertiary/aromatic N) is 1. The zero-order chi connectivity index (χ0) is 14.1. The van der Waals surface area contributed by atoms with Gasteiger partial charge in [-0.25, -0.2) is 9.37 Å². The third kappa shape index (κ3) is 2.43. The smallest absolute Gasteiger partial charge is 0.212 e. The minimum Gasteiger partial charge on any atom is -0.485 e. The summed E-state index contributed by atoms with van der Waals surface area (Å²) in [4.78, 5) is 4.11. The summed E-state index contributed by atoms with van der Waals surface area (Å²) >= 11 is 3.22. The number of fused-ring (bicyclic) bond motifs is 1. The largest absolute Gasteiger partial charge is 0.485 e. The van der Waals surface area contributed by atoms with Crippen molar-refractivity contribution in [2.45, 2.75) is 6.10 Å². The van der Waals surface area contributed by atoms with Crippen LogP contribution in [0.25, 0.3) is 0 Å². The van der Waals surface area contributed by atoms with E-state index in [-0.39, 0.29) is 5.75 Å². The van der Waals surface area contributed by atoms with Crippen LogP contribution in [0.15, 0.2) is 34.9 Å². The Kier molecular flexibility index (Phi) is 3.48. The van der Waals surface area contributed by atoms with Crippen molar-refractivity contribution in [3.05, 3.63) is 46.3 Å². The molecule has 1 unspecified atom stereocenters. The number of rotatable bonds is 2. The van der Waals surface area contributed by atoms with Crippen molar-refractivity contribution >= 4 is 15.9 Å². The van der Waals surface area contributed by atoms with E-state index in [0.29, 0.717) is 22.7 Å². The van der Waals surface area contributed by atoms with Gasteiger partial charge in [0.2, 0.25) is 5.88 Å². The molecule has 1 aromatic carbocycles. The van der Waals surface area contributed by atoms with Gasteiger partial charge < -0.3 is 14.2 Å². The fourth-order valence-electron chi connectivity index (χ4n) is 1.97. The van der Waals surface area contributed by atoms with E-state index in [1.54, 1.807) is 25.4 Å². The molecule has 20 heavy (non-hydrogen) atoms. The van der Waals surface area contributed by atoms with E-state index in [1.807, 2.05) is 6.07 Å². The molecule has 104 valence electrons. The summed E-state index contributed by atoms with van der Waals surface area (Å²) in [7, 11) is 1.55. The molecule has 0 amide bonds. The monoisotopic (exact) mass is 339 g/mol. The Hall–Kier alpha value is -1.82. The number of hydrogen-bond acceptors (Lipinski definition) is 4. The van der Waals surface area contributed by atoms with Gasteiger partial charge in [-0.15, -0.1) is 0 Å². The molecule has 0 saturated carbocycles. The first-order valence-corrected chi connectivity index (χ1v) is 6.75. The third-order valence-electron chi connectivity index (χ3n) is 2.96. The highest BCUT2D eigenvalue weighted by Gasteiger charge is 2.26. The Bertz CT molecular complexity index is 633. The topological polar surface area (TPSA) is 40.6 Å². The Morgan fingerprint density at radius 2 is 2.25 bits per heavy atom. The van der Waals surface area contributed by atoms with Crippen molar-refractivity contribution < 1.29 is 18.6 Å². The SMILES string of the molecule is COc1ccc(C2COc3cc(Br)cc(F)c3O2)cn1. The lowest BCUT2D eigenvalue weighted by atomic mass is 10.1. The highest BCUT2D eigenvalue weighted by Crippen LogP contribution is 2.40. The fraction of sp³-hybridized carbons (Fsp3) is 0.214. The number of ether oxygens (including phenoxy) is 3. The summed E-state index contributed by atoms with van der Waals surface area (Å²) in [5, 5.41) is 0. The summed E-state index contributed by atoms with van der Waals surface area (Å²) in [6.07, 6.45) is 1.24. The van der Waals surface area contributed by atoms with Crippen molar-refractivity contribution in [3.63, 3.8) is 0 Å². The molecule has 0 spiro atoms. The lowest BCUT2D eigenvalue weighted by molar-refractivity contribution is 0.0853. The van der Waals surface area contributed by atoms with Gasteiger partial charge in [0.1, 0.15) is 6.61 Å². The maximum Gasteiger partial charge on any atom is 0.212 e. The van der Waals surface area contributed by atoms with Gasteiger partial charge in [-0.1, -0.05) is 15.9 Å². The molecule has 1 aliphatic rings. The van der Waals surface area contributed by atoms with E-state index in [9.17, 15) is 4.39 Å². The summed E-state index contributed by atoms with van der Waals surface area (Å²) in [5.74, 6) is 0.580. The van der Waals surface area contributed by atoms with Gasteiger partial charge in [-0.05, 0) is 18.2 Å². The number of benzene rings is 1. The maximum atomic E-state index is 13.9. The highest BCUT2D eigenvalue weighted by atomic mass is 79.9. The van der Waals surface area contributed by atoms with E-state index in [4.69, 9.17) is 14.2 Å². The van der Waals surface area contributed by atoms with Crippen LogP contribution in [0.4, 0.5) is 4.39 Å². The van der Waals surface area contributed by atoms with Gasteiger partial charge in [0.15, 0.2) is 23.4 Å². The van der Waals surface area contributed by atoms with Crippen molar-refractivity contribution in [2.24, 2.45) is 0 Å². The minimum absolute atomic E-state index is 0.125.